The van der Waals surface area contributed by atoms with Crippen LogP contribution in [0.2, 0.25) is 0 Å². The monoisotopic (exact) mass is 154 g/mol. The fourth-order valence-corrected chi connectivity index (χ4v) is 0.460. The molecule has 0 rings (SSSR count). The van der Waals surface area contributed by atoms with Gasteiger partial charge < -0.3 is 10.5 Å². The lowest BCUT2D eigenvalue weighted by Crippen LogP contribution is -2.04. The van der Waals surface area contributed by atoms with Crippen LogP contribution in [0, 0.1) is 0 Å². The van der Waals surface area contributed by atoms with Gasteiger partial charge in [0.15, 0.2) is 0 Å². The zero-order valence-corrected chi connectivity index (χ0v) is 6.62. The summed E-state index contributed by atoms with van der Waals surface area (Å²) >= 11 is 0. The molecule has 0 fully saturated rings. The van der Waals surface area contributed by atoms with Gasteiger partial charge in [0.05, 0.1) is 12.8 Å². The summed E-state index contributed by atoms with van der Waals surface area (Å²) in [5.41, 5.74) is 5.26. The third-order valence-electron chi connectivity index (χ3n) is 0.960. The van der Waals surface area contributed by atoms with Crippen LogP contribution in [0.25, 0.3) is 0 Å². The molecule has 62 valence electrons. The highest BCUT2D eigenvalue weighted by molar-refractivity contribution is 5.75. The molecule has 11 heavy (non-hydrogen) atoms. The van der Waals surface area contributed by atoms with Gasteiger partial charge in [-0.1, -0.05) is 13.2 Å². The molecule has 0 bridgehead atoms. The number of hydrogen-bond donors (Lipinski definition) is 1. The summed E-state index contributed by atoms with van der Waals surface area (Å²) in [7, 11) is 0. The molecule has 2 N–H and O–H groups in total. The van der Waals surface area contributed by atoms with E-state index >= 15 is 0 Å². The number of hydrogen-bond acceptors (Lipinski definition) is 3. The molecule has 3 heteroatoms. The Hall–Kier alpha value is -1.09. The van der Waals surface area contributed by atoms with Crippen LogP contribution in [0.1, 0.15) is 6.42 Å². The Morgan fingerprint density at radius 1 is 1.64 bits per heavy atom. The van der Waals surface area contributed by atoms with Gasteiger partial charge in [-0.15, -0.1) is 0 Å². The molecule has 0 atom stereocenters. The van der Waals surface area contributed by atoms with Crippen LogP contribution in [0.3, 0.4) is 0 Å². The van der Waals surface area contributed by atoms with Gasteiger partial charge in [-0.05, 0) is 13.0 Å². The number of nitrogens with zero attached hydrogens (tertiary/aromatic N) is 1. The van der Waals surface area contributed by atoms with Gasteiger partial charge in [-0.2, -0.15) is 0 Å². The van der Waals surface area contributed by atoms with Crippen LogP contribution >= 0.6 is 0 Å². The Bertz CT molecular complexity index is 152. The fourth-order valence-electron chi connectivity index (χ4n) is 0.460. The van der Waals surface area contributed by atoms with Crippen molar-refractivity contribution < 1.29 is 4.74 Å². The average molecular weight is 154 g/mol. The molecule has 0 radical (unpaired) electrons. The van der Waals surface area contributed by atoms with E-state index in [4.69, 9.17) is 10.5 Å². The van der Waals surface area contributed by atoms with E-state index in [1.54, 1.807) is 0 Å². The molecule has 0 aromatic rings. The first-order chi connectivity index (χ1) is 5.31. The Labute approximate surface area is 67.3 Å². The van der Waals surface area contributed by atoms with Crippen molar-refractivity contribution in [3.05, 3.63) is 25.1 Å². The number of nitrogens with two attached hydrogens (primary N) is 1. The van der Waals surface area contributed by atoms with Crippen molar-refractivity contribution in [2.24, 2.45) is 10.7 Å². The number of ether oxygens (including phenoxy) is 1. The van der Waals surface area contributed by atoms with Crippen molar-refractivity contribution >= 4 is 6.21 Å². The van der Waals surface area contributed by atoms with E-state index in [0.717, 1.165) is 6.42 Å². The molecule has 0 heterocycles. The second-order valence-electron chi connectivity index (χ2n) is 1.92. The lowest BCUT2D eigenvalue weighted by molar-refractivity contribution is 0.232. The Kier molecular flexibility index (Phi) is 6.33. The quantitative estimate of drug-likeness (QED) is 0.353. The van der Waals surface area contributed by atoms with Crippen molar-refractivity contribution in [3.8, 4) is 0 Å². The Morgan fingerprint density at radius 3 is 2.91 bits per heavy atom. The predicted octanol–water partition coefficient (Wildman–Crippen LogP) is 1.08. The second-order valence-corrected chi connectivity index (χ2v) is 1.92. The highest BCUT2D eigenvalue weighted by Crippen LogP contribution is 1.90. The van der Waals surface area contributed by atoms with E-state index in [1.165, 1.54) is 12.4 Å². The van der Waals surface area contributed by atoms with Gasteiger partial charge in [0.1, 0.15) is 5.76 Å². The predicted molar refractivity (Wildman–Crippen MR) is 47.5 cm³/mol. The van der Waals surface area contributed by atoms with Crippen LogP contribution < -0.4 is 5.73 Å². The zero-order chi connectivity index (χ0) is 8.53. The van der Waals surface area contributed by atoms with E-state index < -0.39 is 0 Å². The van der Waals surface area contributed by atoms with Gasteiger partial charge in [-0.25, -0.2) is 0 Å². The summed E-state index contributed by atoms with van der Waals surface area (Å²) in [6, 6.07) is 0. The van der Waals surface area contributed by atoms with Crippen molar-refractivity contribution in [3.63, 3.8) is 0 Å². The van der Waals surface area contributed by atoms with Crippen molar-refractivity contribution in [2.75, 3.05) is 13.2 Å². The molecule has 0 aromatic heterocycles. The summed E-state index contributed by atoms with van der Waals surface area (Å²) in [6.45, 7) is 8.24. The van der Waals surface area contributed by atoms with E-state index in [2.05, 4.69) is 18.2 Å². The summed E-state index contributed by atoms with van der Waals surface area (Å²) in [5.74, 6) is 0.540. The third-order valence-corrected chi connectivity index (χ3v) is 0.960. The summed E-state index contributed by atoms with van der Waals surface area (Å²) in [4.78, 5) is 3.73. The normalized spacial score (nSPS) is 9.91. The van der Waals surface area contributed by atoms with Crippen molar-refractivity contribution in [1.29, 1.82) is 0 Å². The largest absolute Gasteiger partial charge is 0.493 e. The molecule has 0 aliphatic rings. The molecule has 0 spiro atoms. The SMILES string of the molecule is C=CN=CC(=C)OCCCN. The maximum Gasteiger partial charge on any atom is 0.130 e. The Balaban J connectivity index is 3.37. The van der Waals surface area contributed by atoms with Gasteiger partial charge in [0, 0.05) is 6.20 Å². The van der Waals surface area contributed by atoms with Crippen LogP contribution in [0.5, 0.6) is 0 Å². The number of rotatable bonds is 6. The van der Waals surface area contributed by atoms with Crippen LogP contribution in [-0.4, -0.2) is 19.4 Å². The second kappa shape index (κ2) is 7.02. The van der Waals surface area contributed by atoms with Gasteiger partial charge in [-0.3, -0.25) is 4.99 Å². The van der Waals surface area contributed by atoms with Crippen molar-refractivity contribution in [1.82, 2.24) is 0 Å². The van der Waals surface area contributed by atoms with Gasteiger partial charge in [0.25, 0.3) is 0 Å². The maximum absolute atomic E-state index is 5.26. The summed E-state index contributed by atoms with van der Waals surface area (Å²) < 4.78 is 5.11. The van der Waals surface area contributed by atoms with Crippen LogP contribution in [0.4, 0.5) is 0 Å². The Morgan fingerprint density at radius 2 is 2.36 bits per heavy atom. The molecule has 3 nitrogen and oxygen atoms in total. The van der Waals surface area contributed by atoms with E-state index in [1.807, 2.05) is 0 Å². The van der Waals surface area contributed by atoms with Crippen LogP contribution in [-0.2, 0) is 4.74 Å². The van der Waals surface area contributed by atoms with E-state index in [-0.39, 0.29) is 0 Å². The zero-order valence-electron chi connectivity index (χ0n) is 6.62. The minimum absolute atomic E-state index is 0.540. The molecule has 0 aliphatic carbocycles. The standard InChI is InChI=1S/C8H14N2O/c1-3-10-7-8(2)11-6-4-5-9/h3,7H,1-2,4-6,9H2. The first-order valence-electron chi connectivity index (χ1n) is 3.47. The minimum Gasteiger partial charge on any atom is -0.493 e. The highest BCUT2D eigenvalue weighted by Gasteiger charge is 1.87. The third kappa shape index (κ3) is 6.80. The molecule has 0 unspecified atom stereocenters. The molecular formula is C8H14N2O. The van der Waals surface area contributed by atoms with Crippen LogP contribution in [0.15, 0.2) is 30.1 Å². The molecule has 0 amide bonds. The van der Waals surface area contributed by atoms with E-state index in [0.29, 0.717) is 18.9 Å². The van der Waals surface area contributed by atoms with Gasteiger partial charge >= 0.3 is 0 Å². The lowest BCUT2D eigenvalue weighted by Gasteiger charge is -2.01. The van der Waals surface area contributed by atoms with Crippen molar-refractivity contribution in [2.45, 2.75) is 6.42 Å². The highest BCUT2D eigenvalue weighted by atomic mass is 16.5. The molecule has 0 aliphatic heterocycles. The molecule has 0 saturated carbocycles. The average Bonchev–Trinajstić information content (AvgIpc) is 2.01. The summed E-state index contributed by atoms with van der Waals surface area (Å²) in [5, 5.41) is 0. The molecule has 0 saturated heterocycles. The van der Waals surface area contributed by atoms with E-state index in [9.17, 15) is 0 Å². The topological polar surface area (TPSA) is 47.6 Å². The number of allylic oxidation sites excluding steroid dienone is 1. The van der Waals surface area contributed by atoms with Gasteiger partial charge in [0.2, 0.25) is 0 Å². The lowest BCUT2D eigenvalue weighted by atomic mass is 10.5. The number of aliphatic imine (C=N–C) groups is 1. The summed E-state index contributed by atoms with van der Waals surface area (Å²) in [6.07, 6.45) is 3.78. The first-order valence-corrected chi connectivity index (χ1v) is 3.47. The minimum atomic E-state index is 0.540. The fraction of sp³-hybridized carbons (Fsp3) is 0.375. The first kappa shape index (κ1) is 9.91. The molecule has 0 aromatic carbocycles. The molecular weight excluding hydrogens is 140 g/mol. The smallest absolute Gasteiger partial charge is 0.130 e. The maximum atomic E-state index is 5.26.